The lowest BCUT2D eigenvalue weighted by atomic mass is 9.87. The Morgan fingerprint density at radius 1 is 0.895 bits per heavy atom. The van der Waals surface area contributed by atoms with E-state index in [1.54, 1.807) is 34.8 Å². The number of hydrogen-bond donors (Lipinski definition) is 2. The van der Waals surface area contributed by atoms with E-state index < -0.39 is 10.0 Å². The Labute approximate surface area is 222 Å². The smallest absolute Gasteiger partial charge is 0.257 e. The molecule has 9 heteroatoms. The lowest BCUT2D eigenvalue weighted by Crippen LogP contribution is -2.34. The zero-order valence-corrected chi connectivity index (χ0v) is 21.7. The topological polar surface area (TPSA) is 109 Å². The first-order valence-corrected chi connectivity index (χ1v) is 14.1. The summed E-state index contributed by atoms with van der Waals surface area (Å²) in [6.07, 6.45) is 3.28. The van der Waals surface area contributed by atoms with Crippen molar-refractivity contribution in [2.24, 2.45) is 5.41 Å². The van der Waals surface area contributed by atoms with Gasteiger partial charge in [0.15, 0.2) is 0 Å². The molecule has 0 radical (unpaired) electrons. The molecule has 4 aromatic rings. The van der Waals surface area contributed by atoms with Crippen LogP contribution in [0.25, 0.3) is 10.8 Å². The van der Waals surface area contributed by atoms with E-state index in [0.29, 0.717) is 34.9 Å². The number of nitrogens with two attached hydrogens (primary N) is 1. The fourth-order valence-electron chi connectivity index (χ4n) is 5.64. The van der Waals surface area contributed by atoms with Gasteiger partial charge in [-0.05, 0) is 48.6 Å². The van der Waals surface area contributed by atoms with Gasteiger partial charge >= 0.3 is 0 Å². The summed E-state index contributed by atoms with van der Waals surface area (Å²) in [6.45, 7) is 2.53. The van der Waals surface area contributed by atoms with Crippen LogP contribution in [0.5, 0.6) is 0 Å². The Hall–Kier alpha value is -3.95. The van der Waals surface area contributed by atoms with Gasteiger partial charge in [0.1, 0.15) is 5.82 Å². The molecule has 0 aliphatic carbocycles. The molecule has 2 aliphatic heterocycles. The molecule has 2 aliphatic rings. The molecule has 0 saturated carbocycles. The molecule has 1 atom stereocenters. The molecule has 0 bridgehead atoms. The van der Waals surface area contributed by atoms with Crippen molar-refractivity contribution in [2.45, 2.75) is 17.7 Å². The summed E-state index contributed by atoms with van der Waals surface area (Å²) in [5, 5.41) is 4.50. The molecular weight excluding hydrogens is 498 g/mol. The summed E-state index contributed by atoms with van der Waals surface area (Å²) in [5.41, 5.74) is 7.32. The molecule has 3 heterocycles. The zero-order valence-electron chi connectivity index (χ0n) is 20.9. The highest BCUT2D eigenvalue weighted by molar-refractivity contribution is 7.89. The number of carbonyl (C=O) groups is 1. The van der Waals surface area contributed by atoms with Crippen molar-refractivity contribution in [3.63, 3.8) is 0 Å². The van der Waals surface area contributed by atoms with Gasteiger partial charge < -0.3 is 16.0 Å². The van der Waals surface area contributed by atoms with Crippen LogP contribution >= 0.6 is 0 Å². The van der Waals surface area contributed by atoms with E-state index in [1.807, 2.05) is 54.6 Å². The summed E-state index contributed by atoms with van der Waals surface area (Å²) < 4.78 is 28.9. The minimum atomic E-state index is -3.61. The van der Waals surface area contributed by atoms with Crippen molar-refractivity contribution in [3.8, 4) is 0 Å². The van der Waals surface area contributed by atoms with Crippen LogP contribution in [-0.2, 0) is 10.0 Å². The van der Waals surface area contributed by atoms with E-state index in [9.17, 15) is 13.2 Å². The Balaban J connectivity index is 1.14. The van der Waals surface area contributed by atoms with E-state index in [4.69, 9.17) is 5.73 Å². The lowest BCUT2D eigenvalue weighted by Gasteiger charge is -2.25. The fourth-order valence-corrected chi connectivity index (χ4v) is 7.40. The molecule has 3 aromatic carbocycles. The number of nitrogens with zero attached hydrogens (tertiary/aromatic N) is 3. The molecule has 2 fully saturated rings. The van der Waals surface area contributed by atoms with Gasteiger partial charge in [-0.25, -0.2) is 13.4 Å². The summed E-state index contributed by atoms with van der Waals surface area (Å²) in [7, 11) is -3.61. The van der Waals surface area contributed by atoms with Crippen molar-refractivity contribution < 1.29 is 13.2 Å². The van der Waals surface area contributed by atoms with Crippen molar-refractivity contribution in [2.75, 3.05) is 42.1 Å². The second kappa shape index (κ2) is 9.41. The van der Waals surface area contributed by atoms with Crippen LogP contribution in [0.2, 0.25) is 0 Å². The SMILES string of the molecule is Nc1ccccc1NC(=O)c1ccc(N2CCC3(CCN(S(=O)(=O)c4cccc5ccccc45)C3)C2)nc1. The second-order valence-corrected chi connectivity index (χ2v) is 12.1. The highest BCUT2D eigenvalue weighted by Crippen LogP contribution is 2.43. The first kappa shape index (κ1) is 24.4. The Morgan fingerprint density at radius 2 is 1.66 bits per heavy atom. The van der Waals surface area contributed by atoms with Gasteiger partial charge in [0, 0.05) is 43.2 Å². The number of benzene rings is 3. The number of anilines is 3. The third-order valence-electron chi connectivity index (χ3n) is 7.75. The van der Waals surface area contributed by atoms with Gasteiger partial charge in [-0.15, -0.1) is 0 Å². The van der Waals surface area contributed by atoms with Crippen LogP contribution in [0.3, 0.4) is 0 Å². The molecule has 8 nitrogen and oxygen atoms in total. The van der Waals surface area contributed by atoms with Crippen molar-refractivity contribution in [3.05, 3.63) is 90.6 Å². The standard InChI is InChI=1S/C29H29N5O3S/c30-24-9-3-4-10-25(24)32-28(35)22-12-13-27(31-18-22)33-16-14-29(19-33)15-17-34(20-29)38(36,37)26-11-5-7-21-6-1-2-8-23(21)26/h1-13,18H,14-17,19-20,30H2,(H,32,35). The molecule has 1 aromatic heterocycles. The predicted molar refractivity (Wildman–Crippen MR) is 150 cm³/mol. The van der Waals surface area contributed by atoms with E-state index in [-0.39, 0.29) is 11.3 Å². The predicted octanol–water partition coefficient (Wildman–Crippen LogP) is 4.36. The van der Waals surface area contributed by atoms with Gasteiger partial charge in [0.2, 0.25) is 10.0 Å². The van der Waals surface area contributed by atoms with Crippen molar-refractivity contribution >= 4 is 43.9 Å². The van der Waals surface area contributed by atoms with E-state index in [2.05, 4.69) is 15.2 Å². The molecule has 194 valence electrons. The second-order valence-electron chi connectivity index (χ2n) is 10.2. The highest BCUT2D eigenvalue weighted by Gasteiger charge is 2.47. The number of nitrogens with one attached hydrogen (secondary N) is 1. The molecular formula is C29H29N5O3S. The van der Waals surface area contributed by atoms with E-state index in [1.165, 1.54) is 0 Å². The number of amides is 1. The molecule has 3 N–H and O–H groups in total. The van der Waals surface area contributed by atoms with Crippen molar-refractivity contribution in [1.82, 2.24) is 9.29 Å². The molecule has 38 heavy (non-hydrogen) atoms. The van der Waals surface area contributed by atoms with Crippen LogP contribution < -0.4 is 16.0 Å². The van der Waals surface area contributed by atoms with E-state index >= 15 is 0 Å². The zero-order chi connectivity index (χ0) is 26.3. The van der Waals surface area contributed by atoms with Gasteiger partial charge in [0.05, 0.1) is 21.8 Å². The summed E-state index contributed by atoms with van der Waals surface area (Å²) >= 11 is 0. The first-order valence-electron chi connectivity index (χ1n) is 12.7. The van der Waals surface area contributed by atoms with Crippen molar-refractivity contribution in [1.29, 1.82) is 0 Å². The number of sulfonamides is 1. The largest absolute Gasteiger partial charge is 0.397 e. The van der Waals surface area contributed by atoms with E-state index in [0.717, 1.165) is 42.5 Å². The molecule has 2 saturated heterocycles. The number of para-hydroxylation sites is 2. The third-order valence-corrected chi connectivity index (χ3v) is 9.66. The Morgan fingerprint density at radius 3 is 2.47 bits per heavy atom. The summed E-state index contributed by atoms with van der Waals surface area (Å²) in [6, 6.07) is 23.8. The van der Waals surface area contributed by atoms with Crippen LogP contribution in [0.4, 0.5) is 17.2 Å². The van der Waals surface area contributed by atoms with Gasteiger partial charge in [-0.1, -0.05) is 48.5 Å². The average Bonchev–Trinajstić information content (AvgIpc) is 3.57. The molecule has 1 amide bonds. The number of pyridine rings is 1. The Bertz CT molecular complexity index is 1620. The number of rotatable bonds is 5. The maximum Gasteiger partial charge on any atom is 0.257 e. The van der Waals surface area contributed by atoms with Crippen LogP contribution in [0.15, 0.2) is 90.0 Å². The maximum atomic E-state index is 13.6. The highest BCUT2D eigenvalue weighted by atomic mass is 32.2. The maximum absolute atomic E-state index is 13.6. The number of carbonyl (C=O) groups excluding carboxylic acids is 1. The van der Waals surface area contributed by atoms with Gasteiger partial charge in [0.25, 0.3) is 5.91 Å². The Kier molecular flexibility index (Phi) is 6.04. The molecule has 1 spiro atoms. The van der Waals surface area contributed by atoms with Gasteiger partial charge in [-0.2, -0.15) is 4.31 Å². The van der Waals surface area contributed by atoms with Crippen LogP contribution in [-0.4, -0.2) is 49.8 Å². The quantitative estimate of drug-likeness (QED) is 0.374. The van der Waals surface area contributed by atoms with Crippen LogP contribution in [0.1, 0.15) is 23.2 Å². The lowest BCUT2D eigenvalue weighted by molar-refractivity contribution is 0.102. The molecule has 6 rings (SSSR count). The third kappa shape index (κ3) is 4.37. The van der Waals surface area contributed by atoms with Gasteiger partial charge in [-0.3, -0.25) is 4.79 Å². The fraction of sp³-hybridized carbons (Fsp3) is 0.241. The minimum absolute atomic E-state index is 0.111. The first-order chi connectivity index (χ1) is 18.3. The normalized spacial score (nSPS) is 19.8. The van der Waals surface area contributed by atoms with Crippen LogP contribution in [0, 0.1) is 5.41 Å². The number of nitrogen functional groups attached to an aromatic ring is 1. The molecule has 1 unspecified atom stereocenters. The minimum Gasteiger partial charge on any atom is -0.397 e. The number of fused-ring (bicyclic) bond motifs is 1. The number of hydrogen-bond acceptors (Lipinski definition) is 6. The average molecular weight is 528 g/mol. The summed E-state index contributed by atoms with van der Waals surface area (Å²) in [4.78, 5) is 19.8. The summed E-state index contributed by atoms with van der Waals surface area (Å²) in [5.74, 6) is 0.512. The monoisotopic (exact) mass is 527 g/mol. The number of aromatic nitrogens is 1.